The zero-order valence-corrected chi connectivity index (χ0v) is 10.9. The second-order valence-electron chi connectivity index (χ2n) is 4.98. The highest BCUT2D eigenvalue weighted by Gasteiger charge is 2.11. The number of hydrogen-bond acceptors (Lipinski definition) is 2. The van der Waals surface area contributed by atoms with Gasteiger partial charge < -0.3 is 10.2 Å². The average molecular weight is 233 g/mol. The van der Waals surface area contributed by atoms with Crippen molar-refractivity contribution in [2.24, 2.45) is 5.92 Å². The third kappa shape index (κ3) is 6.39. The van der Waals surface area contributed by atoms with E-state index in [9.17, 15) is 0 Å². The second kappa shape index (κ2) is 7.48. The summed E-state index contributed by atoms with van der Waals surface area (Å²) in [6, 6.07) is 0. The Hall–Kier alpha value is 0.210. The van der Waals surface area contributed by atoms with Crippen molar-refractivity contribution < 1.29 is 0 Å². The van der Waals surface area contributed by atoms with Gasteiger partial charge in [-0.3, -0.25) is 0 Å². The SMILES string of the molecule is CC(C)CC(Cl)CNCCN1CCCC1. The maximum atomic E-state index is 6.20. The molecule has 0 aliphatic carbocycles. The van der Waals surface area contributed by atoms with Gasteiger partial charge in [0.15, 0.2) is 0 Å². The topological polar surface area (TPSA) is 15.3 Å². The molecular weight excluding hydrogens is 208 g/mol. The molecule has 1 atom stereocenters. The molecule has 3 heteroatoms. The van der Waals surface area contributed by atoms with Crippen molar-refractivity contribution in [3.8, 4) is 0 Å². The van der Waals surface area contributed by atoms with Gasteiger partial charge >= 0.3 is 0 Å². The summed E-state index contributed by atoms with van der Waals surface area (Å²) < 4.78 is 0. The number of alkyl halides is 1. The molecule has 0 bridgehead atoms. The molecule has 1 fully saturated rings. The Labute approximate surface area is 99.4 Å². The largest absolute Gasteiger partial charge is 0.314 e. The van der Waals surface area contributed by atoms with E-state index in [4.69, 9.17) is 11.6 Å². The van der Waals surface area contributed by atoms with Gasteiger partial charge in [-0.15, -0.1) is 11.6 Å². The van der Waals surface area contributed by atoms with E-state index >= 15 is 0 Å². The van der Waals surface area contributed by atoms with Crippen LogP contribution in [0, 0.1) is 5.92 Å². The molecule has 2 nitrogen and oxygen atoms in total. The van der Waals surface area contributed by atoms with Crippen LogP contribution in [0.25, 0.3) is 0 Å². The maximum Gasteiger partial charge on any atom is 0.0463 e. The molecule has 15 heavy (non-hydrogen) atoms. The Morgan fingerprint density at radius 1 is 1.27 bits per heavy atom. The molecule has 0 spiro atoms. The van der Waals surface area contributed by atoms with Crippen LogP contribution in [0.4, 0.5) is 0 Å². The van der Waals surface area contributed by atoms with E-state index < -0.39 is 0 Å². The van der Waals surface area contributed by atoms with Crippen LogP contribution >= 0.6 is 11.6 Å². The minimum absolute atomic E-state index is 0.295. The van der Waals surface area contributed by atoms with Crippen molar-refractivity contribution in [2.45, 2.75) is 38.5 Å². The first-order valence-electron chi connectivity index (χ1n) is 6.25. The summed E-state index contributed by atoms with van der Waals surface area (Å²) >= 11 is 6.20. The molecule has 0 aromatic heterocycles. The van der Waals surface area contributed by atoms with Crippen LogP contribution in [0.3, 0.4) is 0 Å². The van der Waals surface area contributed by atoms with Crippen molar-refractivity contribution in [1.29, 1.82) is 0 Å². The molecule has 0 radical (unpaired) electrons. The van der Waals surface area contributed by atoms with Crippen molar-refractivity contribution in [2.75, 3.05) is 32.7 Å². The van der Waals surface area contributed by atoms with Crippen LogP contribution in [-0.4, -0.2) is 43.0 Å². The van der Waals surface area contributed by atoms with Crippen molar-refractivity contribution in [3.63, 3.8) is 0 Å². The van der Waals surface area contributed by atoms with Gasteiger partial charge in [0.25, 0.3) is 0 Å². The van der Waals surface area contributed by atoms with E-state index in [1.54, 1.807) is 0 Å². The molecule has 0 amide bonds. The number of likely N-dealkylation sites (tertiary alicyclic amines) is 1. The molecule has 0 saturated carbocycles. The van der Waals surface area contributed by atoms with E-state index in [2.05, 4.69) is 24.1 Å². The van der Waals surface area contributed by atoms with E-state index in [-0.39, 0.29) is 0 Å². The first-order chi connectivity index (χ1) is 7.18. The third-order valence-corrected chi connectivity index (χ3v) is 3.23. The average Bonchev–Trinajstić information content (AvgIpc) is 2.63. The Kier molecular flexibility index (Phi) is 6.62. The summed E-state index contributed by atoms with van der Waals surface area (Å²) in [5.41, 5.74) is 0. The van der Waals surface area contributed by atoms with E-state index in [1.165, 1.54) is 32.5 Å². The Balaban J connectivity index is 1.91. The number of rotatable bonds is 7. The highest BCUT2D eigenvalue weighted by Crippen LogP contribution is 2.09. The Bertz CT molecular complexity index is 156. The maximum absolute atomic E-state index is 6.20. The standard InChI is InChI=1S/C12H25ClN2/c1-11(2)9-12(13)10-14-5-8-15-6-3-4-7-15/h11-12,14H,3-10H2,1-2H3. The number of hydrogen-bond donors (Lipinski definition) is 1. The Morgan fingerprint density at radius 3 is 2.53 bits per heavy atom. The van der Waals surface area contributed by atoms with Gasteiger partial charge in [-0.05, 0) is 38.3 Å². The van der Waals surface area contributed by atoms with Crippen LogP contribution < -0.4 is 5.32 Å². The number of halogens is 1. The molecule has 1 unspecified atom stereocenters. The van der Waals surface area contributed by atoms with E-state index in [1.807, 2.05) is 0 Å². The Morgan fingerprint density at radius 2 is 1.93 bits per heavy atom. The first kappa shape index (κ1) is 13.3. The predicted molar refractivity (Wildman–Crippen MR) is 67.6 cm³/mol. The van der Waals surface area contributed by atoms with Gasteiger partial charge in [-0.25, -0.2) is 0 Å². The van der Waals surface area contributed by atoms with Gasteiger partial charge in [-0.1, -0.05) is 13.8 Å². The lowest BCUT2D eigenvalue weighted by Crippen LogP contribution is -2.33. The zero-order chi connectivity index (χ0) is 11.1. The van der Waals surface area contributed by atoms with E-state index in [0.717, 1.165) is 19.5 Å². The lowest BCUT2D eigenvalue weighted by molar-refractivity contribution is 0.335. The summed E-state index contributed by atoms with van der Waals surface area (Å²) in [4.78, 5) is 2.53. The summed E-state index contributed by atoms with van der Waals surface area (Å²) in [6.45, 7) is 10.2. The van der Waals surface area contributed by atoms with Crippen molar-refractivity contribution in [3.05, 3.63) is 0 Å². The number of nitrogens with one attached hydrogen (secondary N) is 1. The van der Waals surface area contributed by atoms with Gasteiger partial charge in [0.1, 0.15) is 0 Å². The normalized spacial score (nSPS) is 20.0. The molecule has 90 valence electrons. The minimum atomic E-state index is 0.295. The fourth-order valence-corrected chi connectivity index (χ4v) is 2.56. The lowest BCUT2D eigenvalue weighted by Gasteiger charge is -2.16. The molecule has 1 aliphatic heterocycles. The molecule has 1 heterocycles. The first-order valence-corrected chi connectivity index (χ1v) is 6.69. The fourth-order valence-electron chi connectivity index (χ4n) is 2.10. The summed E-state index contributed by atoms with van der Waals surface area (Å²) in [5, 5.41) is 3.74. The van der Waals surface area contributed by atoms with Crippen molar-refractivity contribution >= 4 is 11.6 Å². The van der Waals surface area contributed by atoms with Gasteiger partial charge in [0.05, 0.1) is 0 Å². The predicted octanol–water partition coefficient (Wildman–Crippen LogP) is 2.33. The van der Waals surface area contributed by atoms with Crippen molar-refractivity contribution in [1.82, 2.24) is 10.2 Å². The van der Waals surface area contributed by atoms with Crippen LogP contribution in [-0.2, 0) is 0 Å². The zero-order valence-electron chi connectivity index (χ0n) is 10.1. The highest BCUT2D eigenvalue weighted by atomic mass is 35.5. The van der Waals surface area contributed by atoms with Crippen LogP contribution in [0.5, 0.6) is 0 Å². The molecule has 1 rings (SSSR count). The quantitative estimate of drug-likeness (QED) is 0.536. The highest BCUT2D eigenvalue weighted by molar-refractivity contribution is 6.20. The van der Waals surface area contributed by atoms with Gasteiger partial charge in [-0.2, -0.15) is 0 Å². The van der Waals surface area contributed by atoms with Crippen LogP contribution in [0.2, 0.25) is 0 Å². The molecule has 0 aromatic carbocycles. The van der Waals surface area contributed by atoms with Gasteiger partial charge in [0, 0.05) is 25.0 Å². The van der Waals surface area contributed by atoms with E-state index in [0.29, 0.717) is 11.3 Å². The smallest absolute Gasteiger partial charge is 0.0463 e. The summed E-state index contributed by atoms with van der Waals surface area (Å²) in [6.07, 6.45) is 3.87. The molecular formula is C12H25ClN2. The monoisotopic (exact) mass is 232 g/mol. The van der Waals surface area contributed by atoms with Crippen LogP contribution in [0.1, 0.15) is 33.1 Å². The minimum Gasteiger partial charge on any atom is -0.314 e. The molecule has 1 aliphatic rings. The number of nitrogens with zero attached hydrogens (tertiary/aromatic N) is 1. The van der Waals surface area contributed by atoms with Crippen LogP contribution in [0.15, 0.2) is 0 Å². The van der Waals surface area contributed by atoms with Gasteiger partial charge in [0.2, 0.25) is 0 Å². The molecule has 0 aromatic rings. The molecule has 1 N–H and O–H groups in total. The lowest BCUT2D eigenvalue weighted by atomic mass is 10.1. The fraction of sp³-hybridized carbons (Fsp3) is 1.00. The summed E-state index contributed by atoms with van der Waals surface area (Å²) in [7, 11) is 0. The molecule has 1 saturated heterocycles. The third-order valence-electron chi connectivity index (χ3n) is 2.90. The second-order valence-corrected chi connectivity index (χ2v) is 5.60. The summed E-state index contributed by atoms with van der Waals surface area (Å²) in [5.74, 6) is 0.702.